The van der Waals surface area contributed by atoms with Crippen LogP contribution in [0.15, 0.2) is 36.5 Å². The molecule has 0 bridgehead atoms. The molecule has 1 aromatic heterocycles. The molecular formula is C16H17ClN2O2. The molecule has 21 heavy (non-hydrogen) atoms. The monoisotopic (exact) mass is 304 g/mol. The van der Waals surface area contributed by atoms with Gasteiger partial charge in [-0.2, -0.15) is 0 Å². The minimum Gasteiger partial charge on any atom is -0.478 e. The van der Waals surface area contributed by atoms with Crippen LogP contribution in [0.4, 0.5) is 11.5 Å². The standard InChI is InChI=1S/C16H17ClN2O2/c1-2-3-4-11-5-7-13(8-6-11)19-15-14(17)9-12(10-18-15)16(20)21/h5-10H,2-4H2,1H3,(H,18,19)(H,20,21). The van der Waals surface area contributed by atoms with E-state index in [-0.39, 0.29) is 10.6 Å². The van der Waals surface area contributed by atoms with E-state index < -0.39 is 5.97 Å². The second-order valence-corrected chi connectivity index (χ2v) is 5.19. The molecule has 1 aromatic carbocycles. The Balaban J connectivity index is 2.09. The van der Waals surface area contributed by atoms with Gasteiger partial charge in [-0.1, -0.05) is 37.1 Å². The van der Waals surface area contributed by atoms with Crippen LogP contribution < -0.4 is 5.32 Å². The summed E-state index contributed by atoms with van der Waals surface area (Å²) in [5, 5.41) is 12.2. The molecule has 0 spiro atoms. The highest BCUT2D eigenvalue weighted by atomic mass is 35.5. The molecule has 0 saturated carbocycles. The summed E-state index contributed by atoms with van der Waals surface area (Å²) >= 11 is 6.03. The molecule has 2 rings (SSSR count). The summed E-state index contributed by atoms with van der Waals surface area (Å²) in [4.78, 5) is 14.9. The van der Waals surface area contributed by atoms with Gasteiger partial charge in [-0.15, -0.1) is 0 Å². The summed E-state index contributed by atoms with van der Waals surface area (Å²) in [6.07, 6.45) is 4.71. The number of hydrogen-bond donors (Lipinski definition) is 2. The van der Waals surface area contributed by atoms with Crippen LogP contribution in [0, 0.1) is 0 Å². The minimum absolute atomic E-state index is 0.0699. The van der Waals surface area contributed by atoms with Gasteiger partial charge in [-0.3, -0.25) is 0 Å². The molecule has 0 saturated heterocycles. The highest BCUT2D eigenvalue weighted by Crippen LogP contribution is 2.24. The number of nitrogens with one attached hydrogen (secondary N) is 1. The molecule has 2 N–H and O–H groups in total. The summed E-state index contributed by atoms with van der Waals surface area (Å²) in [6, 6.07) is 9.45. The van der Waals surface area contributed by atoms with Crippen LogP contribution in [0.3, 0.4) is 0 Å². The van der Waals surface area contributed by atoms with Crippen molar-refractivity contribution in [2.75, 3.05) is 5.32 Å². The Labute approximate surface area is 128 Å². The lowest BCUT2D eigenvalue weighted by molar-refractivity contribution is 0.0696. The average Bonchev–Trinajstić information content (AvgIpc) is 2.48. The zero-order valence-corrected chi connectivity index (χ0v) is 12.5. The molecule has 0 fully saturated rings. The van der Waals surface area contributed by atoms with E-state index in [0.717, 1.165) is 12.1 Å². The van der Waals surface area contributed by atoms with E-state index in [0.29, 0.717) is 5.82 Å². The number of aromatic carboxylic acids is 1. The Kier molecular flexibility index (Phi) is 5.17. The SMILES string of the molecule is CCCCc1ccc(Nc2ncc(C(=O)O)cc2Cl)cc1. The molecule has 5 heteroatoms. The number of carboxylic acid groups (broad SMARTS) is 1. The average molecular weight is 305 g/mol. The Morgan fingerprint density at radius 1 is 1.33 bits per heavy atom. The van der Waals surface area contributed by atoms with E-state index in [1.807, 2.05) is 12.1 Å². The number of aromatic nitrogens is 1. The van der Waals surface area contributed by atoms with E-state index in [2.05, 4.69) is 29.4 Å². The van der Waals surface area contributed by atoms with Crippen LogP contribution in [-0.4, -0.2) is 16.1 Å². The minimum atomic E-state index is -1.05. The van der Waals surface area contributed by atoms with Crippen molar-refractivity contribution in [3.8, 4) is 0 Å². The summed E-state index contributed by atoms with van der Waals surface area (Å²) < 4.78 is 0. The van der Waals surface area contributed by atoms with Gasteiger partial charge < -0.3 is 10.4 Å². The van der Waals surface area contributed by atoms with Gasteiger partial charge in [0.15, 0.2) is 0 Å². The van der Waals surface area contributed by atoms with Crippen LogP contribution in [0.2, 0.25) is 5.02 Å². The van der Waals surface area contributed by atoms with Crippen molar-refractivity contribution in [1.29, 1.82) is 0 Å². The number of hydrogen-bond acceptors (Lipinski definition) is 3. The molecular weight excluding hydrogens is 288 g/mol. The van der Waals surface area contributed by atoms with Gasteiger partial charge >= 0.3 is 5.97 Å². The number of unbranched alkanes of at least 4 members (excludes halogenated alkanes) is 1. The number of carbonyl (C=O) groups is 1. The number of aryl methyl sites for hydroxylation is 1. The van der Waals surface area contributed by atoms with Crippen LogP contribution in [0.1, 0.15) is 35.7 Å². The quantitative estimate of drug-likeness (QED) is 0.823. The molecule has 0 radical (unpaired) electrons. The molecule has 110 valence electrons. The van der Waals surface area contributed by atoms with E-state index in [1.165, 1.54) is 30.7 Å². The number of benzene rings is 1. The lowest BCUT2D eigenvalue weighted by Crippen LogP contribution is -2.00. The van der Waals surface area contributed by atoms with Gasteiger partial charge in [0.25, 0.3) is 0 Å². The number of rotatable bonds is 6. The Morgan fingerprint density at radius 2 is 2.05 bits per heavy atom. The van der Waals surface area contributed by atoms with E-state index >= 15 is 0 Å². The summed E-state index contributed by atoms with van der Waals surface area (Å²) in [7, 11) is 0. The molecule has 0 aliphatic carbocycles. The number of anilines is 2. The lowest BCUT2D eigenvalue weighted by Gasteiger charge is -2.09. The highest BCUT2D eigenvalue weighted by molar-refractivity contribution is 6.33. The summed E-state index contributed by atoms with van der Waals surface area (Å²) in [5.41, 5.74) is 2.23. The number of pyridine rings is 1. The van der Waals surface area contributed by atoms with E-state index in [4.69, 9.17) is 16.7 Å². The van der Waals surface area contributed by atoms with E-state index in [9.17, 15) is 4.79 Å². The first-order chi connectivity index (χ1) is 10.1. The Bertz CT molecular complexity index is 627. The fraction of sp³-hybridized carbons (Fsp3) is 0.250. The molecule has 0 amide bonds. The van der Waals surface area contributed by atoms with Crippen LogP contribution in [0.5, 0.6) is 0 Å². The van der Waals surface area contributed by atoms with Gasteiger partial charge in [-0.05, 0) is 36.6 Å². The van der Waals surface area contributed by atoms with Gasteiger partial charge in [0, 0.05) is 11.9 Å². The van der Waals surface area contributed by atoms with Crippen molar-refractivity contribution in [3.05, 3.63) is 52.7 Å². The maximum atomic E-state index is 10.8. The predicted molar refractivity (Wildman–Crippen MR) is 84.5 cm³/mol. The van der Waals surface area contributed by atoms with Crippen LogP contribution in [-0.2, 0) is 6.42 Å². The zero-order valence-electron chi connectivity index (χ0n) is 11.8. The Morgan fingerprint density at radius 3 is 2.62 bits per heavy atom. The van der Waals surface area contributed by atoms with Crippen molar-refractivity contribution in [3.63, 3.8) is 0 Å². The van der Waals surface area contributed by atoms with Crippen molar-refractivity contribution >= 4 is 29.1 Å². The van der Waals surface area contributed by atoms with Crippen LogP contribution >= 0.6 is 11.6 Å². The lowest BCUT2D eigenvalue weighted by atomic mass is 10.1. The van der Waals surface area contributed by atoms with E-state index in [1.54, 1.807) is 0 Å². The molecule has 0 atom stereocenters. The molecule has 4 nitrogen and oxygen atoms in total. The molecule has 1 heterocycles. The third-order valence-corrected chi connectivity index (χ3v) is 3.41. The largest absolute Gasteiger partial charge is 0.478 e. The maximum Gasteiger partial charge on any atom is 0.337 e. The van der Waals surface area contributed by atoms with Crippen molar-refractivity contribution in [1.82, 2.24) is 4.98 Å². The molecule has 0 aliphatic heterocycles. The second kappa shape index (κ2) is 7.09. The van der Waals surface area contributed by atoms with Crippen molar-refractivity contribution < 1.29 is 9.90 Å². The molecule has 0 aliphatic rings. The smallest absolute Gasteiger partial charge is 0.337 e. The topological polar surface area (TPSA) is 62.2 Å². The fourth-order valence-corrected chi connectivity index (χ4v) is 2.13. The van der Waals surface area contributed by atoms with Gasteiger partial charge in [-0.25, -0.2) is 9.78 Å². The zero-order chi connectivity index (χ0) is 15.2. The Hall–Kier alpha value is -2.07. The van der Waals surface area contributed by atoms with Crippen LogP contribution in [0.25, 0.3) is 0 Å². The summed E-state index contributed by atoms with van der Waals surface area (Å²) in [6.45, 7) is 2.17. The normalized spacial score (nSPS) is 10.4. The molecule has 0 unspecified atom stereocenters. The highest BCUT2D eigenvalue weighted by Gasteiger charge is 2.08. The number of halogens is 1. The second-order valence-electron chi connectivity index (χ2n) is 4.79. The number of carboxylic acids is 1. The third-order valence-electron chi connectivity index (χ3n) is 3.12. The first-order valence-corrected chi connectivity index (χ1v) is 7.22. The van der Waals surface area contributed by atoms with Crippen molar-refractivity contribution in [2.24, 2.45) is 0 Å². The van der Waals surface area contributed by atoms with Gasteiger partial charge in [0.1, 0.15) is 5.82 Å². The third kappa shape index (κ3) is 4.20. The first-order valence-electron chi connectivity index (χ1n) is 6.85. The molecule has 2 aromatic rings. The van der Waals surface area contributed by atoms with Crippen molar-refractivity contribution in [2.45, 2.75) is 26.2 Å². The van der Waals surface area contributed by atoms with Gasteiger partial charge in [0.2, 0.25) is 0 Å². The first kappa shape index (κ1) is 15.3. The predicted octanol–water partition coefficient (Wildman–Crippen LogP) is 4.52. The fourth-order valence-electron chi connectivity index (χ4n) is 1.92. The van der Waals surface area contributed by atoms with Gasteiger partial charge in [0.05, 0.1) is 10.6 Å². The number of nitrogens with zero attached hydrogens (tertiary/aromatic N) is 1. The summed E-state index contributed by atoms with van der Waals surface area (Å²) in [5.74, 6) is -0.598. The maximum absolute atomic E-state index is 10.8.